The molecule has 1 aromatic rings. The molecule has 0 N–H and O–H groups in total. The van der Waals surface area contributed by atoms with Crippen LogP contribution in [0.5, 0.6) is 0 Å². The minimum atomic E-state index is -0.576. The molecule has 1 rings (SSSR count). The molecule has 0 atom stereocenters. The summed E-state index contributed by atoms with van der Waals surface area (Å²) in [4.78, 5) is 11.0. The summed E-state index contributed by atoms with van der Waals surface area (Å²) in [6.07, 6.45) is 0. The second-order valence-electron chi connectivity index (χ2n) is 2.50. The summed E-state index contributed by atoms with van der Waals surface area (Å²) in [5.74, 6) is 0. The summed E-state index contributed by atoms with van der Waals surface area (Å²) in [7, 11) is 0. The fraction of sp³-hybridized carbons (Fsp3) is 0.111. The first-order chi connectivity index (χ1) is 6.07. The molecule has 0 heterocycles. The molecule has 0 aliphatic heterocycles. The number of rotatable bonds is 1. The van der Waals surface area contributed by atoms with Crippen molar-refractivity contribution >= 4 is 39.4 Å². The van der Waals surface area contributed by atoms with Crippen LogP contribution in [0.3, 0.4) is 0 Å². The molecule has 0 aromatic heterocycles. The van der Waals surface area contributed by atoms with Crippen molar-refractivity contribution in [3.05, 3.63) is 32.4 Å². The molecule has 0 saturated carbocycles. The van der Waals surface area contributed by atoms with E-state index in [4.69, 9.17) is 16.9 Å². The molecule has 0 radical (unpaired) electrons. The van der Waals surface area contributed by atoms with Gasteiger partial charge in [-0.05, 0) is 52.7 Å². The highest BCUT2D eigenvalue weighted by molar-refractivity contribution is 14.1. The van der Waals surface area contributed by atoms with Gasteiger partial charge >= 0.3 is 0 Å². The maximum atomic E-state index is 11.0. The van der Waals surface area contributed by atoms with E-state index in [-0.39, 0.29) is 0 Å². The van der Waals surface area contributed by atoms with Gasteiger partial charge in [0, 0.05) is 3.57 Å². The molecule has 1 aromatic carbocycles. The molecule has 0 aliphatic carbocycles. The minimum Gasteiger partial charge on any atom is -0.276 e. The van der Waals surface area contributed by atoms with Crippen LogP contribution in [0.2, 0.25) is 0 Å². The number of halogens is 2. The quantitative estimate of drug-likeness (QED) is 0.591. The van der Waals surface area contributed by atoms with Crippen LogP contribution >= 0.6 is 34.2 Å². The van der Waals surface area contributed by atoms with Gasteiger partial charge in [-0.15, -0.1) is 0 Å². The average molecular weight is 306 g/mol. The smallest absolute Gasteiger partial charge is 0.254 e. The Morgan fingerprint density at radius 2 is 2.23 bits per heavy atom. The first-order valence-corrected chi connectivity index (χ1v) is 4.92. The fourth-order valence-corrected chi connectivity index (χ4v) is 1.86. The number of hydrogen-bond acceptors (Lipinski definition) is 2. The van der Waals surface area contributed by atoms with Gasteiger partial charge in [0.15, 0.2) is 0 Å². The third-order valence-corrected chi connectivity index (χ3v) is 2.76. The van der Waals surface area contributed by atoms with Crippen molar-refractivity contribution in [3.63, 3.8) is 0 Å². The van der Waals surface area contributed by atoms with Gasteiger partial charge in [0.1, 0.15) is 6.07 Å². The van der Waals surface area contributed by atoms with Gasteiger partial charge in [-0.3, -0.25) is 4.79 Å². The summed E-state index contributed by atoms with van der Waals surface area (Å²) in [6.45, 7) is 1.76. The fourth-order valence-electron chi connectivity index (χ4n) is 1.04. The van der Waals surface area contributed by atoms with Crippen molar-refractivity contribution in [2.45, 2.75) is 6.92 Å². The van der Waals surface area contributed by atoms with E-state index in [1.165, 1.54) is 0 Å². The lowest BCUT2D eigenvalue weighted by atomic mass is 10.0. The number of nitrogens with zero attached hydrogens (tertiary/aromatic N) is 1. The molecule has 0 unspecified atom stereocenters. The zero-order chi connectivity index (χ0) is 10.0. The van der Waals surface area contributed by atoms with Crippen molar-refractivity contribution in [2.24, 2.45) is 0 Å². The van der Waals surface area contributed by atoms with Gasteiger partial charge < -0.3 is 0 Å². The van der Waals surface area contributed by atoms with Gasteiger partial charge in [0.2, 0.25) is 0 Å². The van der Waals surface area contributed by atoms with E-state index in [1.54, 1.807) is 19.1 Å². The van der Waals surface area contributed by atoms with E-state index in [9.17, 15) is 4.79 Å². The van der Waals surface area contributed by atoms with E-state index in [1.807, 2.05) is 28.7 Å². The van der Waals surface area contributed by atoms with Crippen molar-refractivity contribution < 1.29 is 4.79 Å². The number of benzene rings is 1. The lowest BCUT2D eigenvalue weighted by Crippen LogP contribution is -2.00. The summed E-state index contributed by atoms with van der Waals surface area (Å²) < 4.78 is 0.745. The standard InChI is InChI=1S/C9H5ClINO/c1-5-2-3-7(11)6(4-12)8(5)9(10)13/h2-3H,1H3. The highest BCUT2D eigenvalue weighted by Crippen LogP contribution is 2.21. The second kappa shape index (κ2) is 4.07. The third-order valence-electron chi connectivity index (χ3n) is 1.67. The van der Waals surface area contributed by atoms with Crippen molar-refractivity contribution in [1.82, 2.24) is 0 Å². The summed E-state index contributed by atoms with van der Waals surface area (Å²) in [5, 5.41) is 8.23. The van der Waals surface area contributed by atoms with E-state index < -0.39 is 5.24 Å². The van der Waals surface area contributed by atoms with Gasteiger partial charge in [-0.2, -0.15) is 5.26 Å². The predicted molar refractivity (Wildman–Crippen MR) is 58.8 cm³/mol. The molecule has 0 aliphatic rings. The normalized spacial score (nSPS) is 9.38. The maximum Gasteiger partial charge on any atom is 0.254 e. The molecule has 2 nitrogen and oxygen atoms in total. The Bertz CT molecular complexity index is 409. The zero-order valence-electron chi connectivity index (χ0n) is 6.77. The van der Waals surface area contributed by atoms with Crippen LogP contribution in [-0.2, 0) is 0 Å². The first-order valence-electron chi connectivity index (χ1n) is 3.47. The lowest BCUT2D eigenvalue weighted by molar-refractivity contribution is 0.108. The molecule has 13 heavy (non-hydrogen) atoms. The Balaban J connectivity index is 3.55. The SMILES string of the molecule is Cc1ccc(I)c(C#N)c1C(=O)Cl. The predicted octanol–water partition coefficient (Wildman–Crippen LogP) is 2.85. The minimum absolute atomic E-state index is 0.316. The molecule has 0 saturated heterocycles. The summed E-state index contributed by atoms with van der Waals surface area (Å²) in [6, 6.07) is 5.54. The van der Waals surface area contributed by atoms with Crippen molar-refractivity contribution in [3.8, 4) is 6.07 Å². The first kappa shape index (κ1) is 10.5. The Morgan fingerprint density at radius 1 is 1.62 bits per heavy atom. The van der Waals surface area contributed by atoms with Crippen molar-refractivity contribution in [1.29, 1.82) is 5.26 Å². The maximum absolute atomic E-state index is 11.0. The van der Waals surface area contributed by atoms with Gasteiger partial charge in [-0.1, -0.05) is 6.07 Å². The van der Waals surface area contributed by atoms with Crippen LogP contribution in [0.1, 0.15) is 21.5 Å². The molecule has 4 heteroatoms. The van der Waals surface area contributed by atoms with Crippen LogP contribution in [0.15, 0.2) is 12.1 Å². The highest BCUT2D eigenvalue weighted by Gasteiger charge is 2.14. The van der Waals surface area contributed by atoms with E-state index in [0.717, 1.165) is 9.13 Å². The molecule has 0 fully saturated rings. The number of carbonyl (C=O) groups excluding carboxylic acids is 1. The molecule has 0 bridgehead atoms. The van der Waals surface area contributed by atoms with E-state index in [0.29, 0.717) is 11.1 Å². The van der Waals surface area contributed by atoms with Crippen LogP contribution in [0, 0.1) is 21.8 Å². The monoisotopic (exact) mass is 305 g/mol. The topological polar surface area (TPSA) is 40.9 Å². The average Bonchev–Trinajstić information content (AvgIpc) is 2.07. The zero-order valence-corrected chi connectivity index (χ0v) is 9.68. The number of carbonyl (C=O) groups is 1. The lowest BCUT2D eigenvalue weighted by Gasteiger charge is -2.04. The van der Waals surface area contributed by atoms with Gasteiger partial charge in [0.25, 0.3) is 5.24 Å². The Labute approximate surface area is 94.6 Å². The van der Waals surface area contributed by atoms with Crippen molar-refractivity contribution in [2.75, 3.05) is 0 Å². The Hall–Kier alpha value is -0.600. The molecule has 0 amide bonds. The Kier molecular flexibility index (Phi) is 3.28. The summed E-state index contributed by atoms with van der Waals surface area (Å²) >= 11 is 7.37. The van der Waals surface area contributed by atoms with E-state index in [2.05, 4.69) is 0 Å². The molecular weight excluding hydrogens is 300 g/mol. The summed E-state index contributed by atoms with van der Waals surface area (Å²) in [5.41, 5.74) is 1.41. The number of aryl methyl sites for hydroxylation is 1. The van der Waals surface area contributed by atoms with Crippen LogP contribution in [0.25, 0.3) is 0 Å². The third kappa shape index (κ3) is 2.01. The van der Waals surface area contributed by atoms with E-state index >= 15 is 0 Å². The molecular formula is C9H5ClINO. The Morgan fingerprint density at radius 3 is 2.62 bits per heavy atom. The second-order valence-corrected chi connectivity index (χ2v) is 4.01. The van der Waals surface area contributed by atoms with Gasteiger partial charge in [-0.25, -0.2) is 0 Å². The highest BCUT2D eigenvalue weighted by atomic mass is 127. The van der Waals surface area contributed by atoms with Crippen LogP contribution in [-0.4, -0.2) is 5.24 Å². The molecule has 0 spiro atoms. The number of hydrogen-bond donors (Lipinski definition) is 0. The molecule has 66 valence electrons. The van der Waals surface area contributed by atoms with Crippen LogP contribution < -0.4 is 0 Å². The largest absolute Gasteiger partial charge is 0.276 e. The number of nitriles is 1. The van der Waals surface area contributed by atoms with Gasteiger partial charge in [0.05, 0.1) is 11.1 Å². The van der Waals surface area contributed by atoms with Crippen LogP contribution in [0.4, 0.5) is 0 Å².